The lowest BCUT2D eigenvalue weighted by atomic mass is 9.74. The predicted molar refractivity (Wildman–Crippen MR) is 87.0 cm³/mol. The summed E-state index contributed by atoms with van der Waals surface area (Å²) >= 11 is 0. The number of ether oxygens (including phenoxy) is 1. The molecule has 1 saturated heterocycles. The van der Waals surface area contributed by atoms with Crippen molar-refractivity contribution >= 4 is 6.03 Å². The van der Waals surface area contributed by atoms with Gasteiger partial charge in [0, 0.05) is 26.8 Å². The van der Waals surface area contributed by atoms with Crippen molar-refractivity contribution in [2.45, 2.75) is 43.6 Å². The minimum absolute atomic E-state index is 0.0378. The molecule has 0 radical (unpaired) electrons. The first-order valence-corrected chi connectivity index (χ1v) is 8.34. The van der Waals surface area contributed by atoms with E-state index in [0.29, 0.717) is 12.5 Å². The van der Waals surface area contributed by atoms with Gasteiger partial charge in [-0.3, -0.25) is 0 Å². The Balaban J connectivity index is 1.64. The standard InChI is InChI=1S/C18H26N2O2/c1-22-13-5-12-20-17(21)19-14-18(20)10-8-16(9-11-18)15-6-3-2-4-7-15/h2-4,6-7,16H,5,8-14H2,1H3,(H,19,21). The highest BCUT2D eigenvalue weighted by Crippen LogP contribution is 2.42. The zero-order valence-corrected chi connectivity index (χ0v) is 13.4. The van der Waals surface area contributed by atoms with E-state index < -0.39 is 0 Å². The second-order valence-corrected chi connectivity index (χ2v) is 6.57. The van der Waals surface area contributed by atoms with E-state index in [9.17, 15) is 4.79 Å². The molecule has 2 aliphatic rings. The average Bonchev–Trinajstić information content (AvgIpc) is 2.86. The van der Waals surface area contributed by atoms with Crippen molar-refractivity contribution < 1.29 is 9.53 Å². The minimum Gasteiger partial charge on any atom is -0.385 e. The van der Waals surface area contributed by atoms with Crippen molar-refractivity contribution in [1.29, 1.82) is 0 Å². The number of nitrogens with one attached hydrogen (secondary N) is 1. The summed E-state index contributed by atoms with van der Waals surface area (Å²) in [5.41, 5.74) is 1.48. The van der Waals surface area contributed by atoms with E-state index >= 15 is 0 Å². The molecular formula is C18H26N2O2. The van der Waals surface area contributed by atoms with Gasteiger partial charge in [0.1, 0.15) is 0 Å². The minimum atomic E-state index is 0.0378. The Morgan fingerprint density at radius 1 is 1.27 bits per heavy atom. The number of rotatable bonds is 5. The Morgan fingerprint density at radius 2 is 2.00 bits per heavy atom. The third-order valence-electron chi connectivity index (χ3n) is 5.30. The van der Waals surface area contributed by atoms with Crippen molar-refractivity contribution in [2.24, 2.45) is 0 Å². The summed E-state index contributed by atoms with van der Waals surface area (Å²) in [6.07, 6.45) is 5.43. The van der Waals surface area contributed by atoms with Gasteiger partial charge in [-0.05, 0) is 43.6 Å². The van der Waals surface area contributed by atoms with Crippen LogP contribution < -0.4 is 5.32 Å². The number of carbonyl (C=O) groups excluding carboxylic acids is 1. The van der Waals surface area contributed by atoms with Crippen molar-refractivity contribution in [1.82, 2.24) is 10.2 Å². The van der Waals surface area contributed by atoms with Crippen LogP contribution in [0.1, 0.15) is 43.6 Å². The van der Waals surface area contributed by atoms with Gasteiger partial charge in [0.2, 0.25) is 0 Å². The van der Waals surface area contributed by atoms with E-state index in [2.05, 4.69) is 40.5 Å². The summed E-state index contributed by atoms with van der Waals surface area (Å²) in [4.78, 5) is 14.2. The van der Waals surface area contributed by atoms with Crippen LogP contribution in [0.2, 0.25) is 0 Å². The summed E-state index contributed by atoms with van der Waals surface area (Å²) in [7, 11) is 1.71. The Morgan fingerprint density at radius 3 is 2.68 bits per heavy atom. The van der Waals surface area contributed by atoms with Crippen molar-refractivity contribution in [2.75, 3.05) is 26.8 Å². The van der Waals surface area contributed by atoms with Crippen LogP contribution in [0.5, 0.6) is 0 Å². The molecule has 0 bridgehead atoms. The summed E-state index contributed by atoms with van der Waals surface area (Å²) in [5.74, 6) is 0.642. The molecule has 1 aromatic rings. The molecule has 22 heavy (non-hydrogen) atoms. The fourth-order valence-electron chi connectivity index (χ4n) is 4.01. The summed E-state index contributed by atoms with van der Waals surface area (Å²) in [5, 5.41) is 3.06. The molecule has 4 heteroatoms. The van der Waals surface area contributed by atoms with E-state index in [0.717, 1.165) is 32.4 Å². The number of hydrogen-bond acceptors (Lipinski definition) is 2. The van der Waals surface area contributed by atoms with Gasteiger partial charge in [0.15, 0.2) is 0 Å². The van der Waals surface area contributed by atoms with Crippen molar-refractivity contribution in [3.05, 3.63) is 35.9 Å². The molecule has 3 rings (SSSR count). The normalized spacial score (nSPS) is 28.1. The van der Waals surface area contributed by atoms with Gasteiger partial charge < -0.3 is 15.0 Å². The Hall–Kier alpha value is -1.55. The van der Waals surface area contributed by atoms with Gasteiger partial charge in [-0.25, -0.2) is 4.79 Å². The number of benzene rings is 1. The van der Waals surface area contributed by atoms with E-state index in [1.54, 1.807) is 7.11 Å². The molecular weight excluding hydrogens is 276 g/mol. The van der Waals surface area contributed by atoms with E-state index in [1.807, 2.05) is 0 Å². The second-order valence-electron chi connectivity index (χ2n) is 6.57. The molecule has 1 N–H and O–H groups in total. The van der Waals surface area contributed by atoms with Gasteiger partial charge in [0.25, 0.3) is 0 Å². The van der Waals surface area contributed by atoms with E-state index in [4.69, 9.17) is 4.74 Å². The lowest BCUT2D eigenvalue weighted by molar-refractivity contribution is 0.100. The van der Waals surface area contributed by atoms with Crippen molar-refractivity contribution in [3.8, 4) is 0 Å². The number of urea groups is 1. The van der Waals surface area contributed by atoms with E-state index in [-0.39, 0.29) is 11.6 Å². The molecule has 1 saturated carbocycles. The first kappa shape index (κ1) is 15.3. The molecule has 1 heterocycles. The fraction of sp³-hybridized carbons (Fsp3) is 0.611. The number of hydrogen-bond donors (Lipinski definition) is 1. The highest BCUT2D eigenvalue weighted by atomic mass is 16.5. The first-order valence-electron chi connectivity index (χ1n) is 8.34. The second kappa shape index (κ2) is 6.69. The third kappa shape index (κ3) is 2.98. The zero-order chi connectivity index (χ0) is 15.4. The van der Waals surface area contributed by atoms with Crippen molar-refractivity contribution in [3.63, 3.8) is 0 Å². The highest BCUT2D eigenvalue weighted by molar-refractivity contribution is 5.78. The lowest BCUT2D eigenvalue weighted by Gasteiger charge is -2.42. The SMILES string of the molecule is COCCCN1C(=O)NCC12CCC(c1ccccc1)CC2. The molecule has 0 aromatic heterocycles. The molecule has 1 aliphatic carbocycles. The van der Waals surface area contributed by atoms with Crippen LogP contribution in [-0.2, 0) is 4.74 Å². The lowest BCUT2D eigenvalue weighted by Crippen LogP contribution is -2.49. The average molecular weight is 302 g/mol. The summed E-state index contributed by atoms with van der Waals surface area (Å²) in [6.45, 7) is 2.32. The maximum atomic E-state index is 12.2. The van der Waals surface area contributed by atoms with Crippen LogP contribution >= 0.6 is 0 Å². The first-order chi connectivity index (χ1) is 10.7. The van der Waals surface area contributed by atoms with E-state index in [1.165, 1.54) is 18.4 Å². The molecule has 4 nitrogen and oxygen atoms in total. The van der Waals surface area contributed by atoms with Gasteiger partial charge in [-0.1, -0.05) is 30.3 Å². The third-order valence-corrected chi connectivity index (χ3v) is 5.30. The summed E-state index contributed by atoms with van der Waals surface area (Å²) in [6, 6.07) is 10.9. The smallest absolute Gasteiger partial charge is 0.318 e. The molecule has 2 amide bonds. The highest BCUT2D eigenvalue weighted by Gasteiger charge is 2.46. The number of amides is 2. The quantitative estimate of drug-likeness (QED) is 0.849. The number of nitrogens with zero attached hydrogens (tertiary/aromatic N) is 1. The maximum Gasteiger partial charge on any atom is 0.318 e. The molecule has 120 valence electrons. The Labute approximate surface area is 132 Å². The topological polar surface area (TPSA) is 41.6 Å². The molecule has 0 atom stereocenters. The van der Waals surface area contributed by atoms with Crippen LogP contribution in [0.3, 0.4) is 0 Å². The van der Waals surface area contributed by atoms with Crippen LogP contribution in [0.15, 0.2) is 30.3 Å². The largest absolute Gasteiger partial charge is 0.385 e. The maximum absolute atomic E-state index is 12.2. The molecule has 1 aromatic carbocycles. The number of carbonyl (C=O) groups is 1. The van der Waals surface area contributed by atoms with Gasteiger partial charge in [-0.15, -0.1) is 0 Å². The van der Waals surface area contributed by atoms with Crippen LogP contribution in [-0.4, -0.2) is 43.3 Å². The fourth-order valence-corrected chi connectivity index (χ4v) is 4.01. The Bertz CT molecular complexity index is 495. The van der Waals surface area contributed by atoms with Crippen LogP contribution in [0.25, 0.3) is 0 Å². The van der Waals surface area contributed by atoms with Gasteiger partial charge >= 0.3 is 6.03 Å². The molecule has 1 aliphatic heterocycles. The van der Waals surface area contributed by atoms with Crippen LogP contribution in [0, 0.1) is 0 Å². The van der Waals surface area contributed by atoms with Gasteiger partial charge in [0.05, 0.1) is 5.54 Å². The Kier molecular flexibility index (Phi) is 4.67. The zero-order valence-electron chi connectivity index (χ0n) is 13.4. The van der Waals surface area contributed by atoms with Gasteiger partial charge in [-0.2, -0.15) is 0 Å². The van der Waals surface area contributed by atoms with Crippen LogP contribution in [0.4, 0.5) is 4.79 Å². The predicted octanol–water partition coefficient (Wildman–Crippen LogP) is 3.14. The number of methoxy groups -OCH3 is 1. The molecule has 1 spiro atoms. The molecule has 2 fully saturated rings. The monoisotopic (exact) mass is 302 g/mol. The molecule has 0 unspecified atom stereocenters. The summed E-state index contributed by atoms with van der Waals surface area (Å²) < 4.78 is 5.13.